The molecule has 0 unspecified atom stereocenters. The van der Waals surface area contributed by atoms with Crippen LogP contribution in [0.4, 0.5) is 5.69 Å². The summed E-state index contributed by atoms with van der Waals surface area (Å²) < 4.78 is 1.44. The Morgan fingerprint density at radius 3 is 2.83 bits per heavy atom. The predicted molar refractivity (Wildman–Crippen MR) is 69.6 cm³/mol. The van der Waals surface area contributed by atoms with Gasteiger partial charge in [-0.25, -0.2) is 4.79 Å². The van der Waals surface area contributed by atoms with Crippen LogP contribution in [-0.2, 0) is 6.42 Å². The van der Waals surface area contributed by atoms with Gasteiger partial charge in [-0.1, -0.05) is 0 Å². The van der Waals surface area contributed by atoms with Crippen LogP contribution in [0, 0.1) is 0 Å². The minimum atomic E-state index is -0.409. The van der Waals surface area contributed by atoms with Crippen molar-refractivity contribution in [2.24, 2.45) is 0 Å². The van der Waals surface area contributed by atoms with Crippen LogP contribution in [-0.4, -0.2) is 23.1 Å². The first-order valence-electron chi connectivity index (χ1n) is 5.81. The zero-order valence-corrected chi connectivity index (χ0v) is 10.0. The Balaban J connectivity index is 2.13. The van der Waals surface area contributed by atoms with E-state index >= 15 is 0 Å². The monoisotopic (exact) mass is 243 g/mol. The summed E-state index contributed by atoms with van der Waals surface area (Å²) in [6, 6.07) is 7.24. The van der Waals surface area contributed by atoms with Crippen LogP contribution in [0.1, 0.15) is 5.56 Å². The van der Waals surface area contributed by atoms with E-state index in [0.29, 0.717) is 0 Å². The molecule has 0 saturated carbocycles. The van der Waals surface area contributed by atoms with Crippen LogP contribution >= 0.6 is 0 Å². The summed E-state index contributed by atoms with van der Waals surface area (Å²) in [6.07, 6.45) is 2.49. The molecular formula is C13H13N3O2. The molecule has 1 N–H and O–H groups in total. The second-order valence-electron chi connectivity index (χ2n) is 4.46. The van der Waals surface area contributed by atoms with E-state index in [9.17, 15) is 9.59 Å². The van der Waals surface area contributed by atoms with Crippen molar-refractivity contribution in [3.63, 3.8) is 0 Å². The summed E-state index contributed by atoms with van der Waals surface area (Å²) in [7, 11) is 2.05. The van der Waals surface area contributed by atoms with Gasteiger partial charge in [0, 0.05) is 31.5 Å². The number of nitrogens with zero attached hydrogens (tertiary/aromatic N) is 2. The molecule has 0 atom stereocenters. The van der Waals surface area contributed by atoms with Crippen molar-refractivity contribution in [2.45, 2.75) is 6.42 Å². The highest BCUT2D eigenvalue weighted by Gasteiger charge is 2.16. The highest BCUT2D eigenvalue weighted by atomic mass is 16.2. The average molecular weight is 243 g/mol. The number of anilines is 1. The van der Waals surface area contributed by atoms with E-state index in [1.807, 2.05) is 18.2 Å². The van der Waals surface area contributed by atoms with Crippen molar-refractivity contribution in [1.29, 1.82) is 0 Å². The maximum absolute atomic E-state index is 11.7. The molecule has 18 heavy (non-hydrogen) atoms. The molecule has 2 aromatic rings. The normalized spacial score (nSPS) is 13.7. The van der Waals surface area contributed by atoms with Crippen LogP contribution in [0.15, 0.2) is 40.1 Å². The Kier molecular flexibility index (Phi) is 2.33. The standard InChI is InChI=1S/C13H13N3O2/c1-15-6-4-9-8-10(2-3-11(9)15)16-7-5-12(17)14-13(16)18/h2-3,5,7-8H,4,6H2,1H3,(H,14,17,18). The van der Waals surface area contributed by atoms with E-state index < -0.39 is 5.69 Å². The van der Waals surface area contributed by atoms with Gasteiger partial charge < -0.3 is 4.90 Å². The molecule has 1 aliphatic rings. The molecule has 3 rings (SSSR count). The van der Waals surface area contributed by atoms with Crippen molar-refractivity contribution in [3.8, 4) is 5.69 Å². The maximum atomic E-state index is 11.7. The van der Waals surface area contributed by atoms with Crippen molar-refractivity contribution < 1.29 is 0 Å². The summed E-state index contributed by atoms with van der Waals surface area (Å²) in [6.45, 7) is 0.999. The smallest absolute Gasteiger partial charge is 0.332 e. The third kappa shape index (κ3) is 1.64. The van der Waals surface area contributed by atoms with Crippen LogP contribution < -0.4 is 16.1 Å². The van der Waals surface area contributed by atoms with Gasteiger partial charge in [0.1, 0.15) is 0 Å². The molecule has 0 amide bonds. The molecule has 92 valence electrons. The number of aromatic amines is 1. The number of benzene rings is 1. The molecule has 0 saturated heterocycles. The van der Waals surface area contributed by atoms with E-state index in [1.54, 1.807) is 0 Å². The van der Waals surface area contributed by atoms with Crippen molar-refractivity contribution in [3.05, 3.63) is 56.9 Å². The number of likely N-dealkylation sites (N-methyl/N-ethyl adjacent to an activating group) is 1. The fourth-order valence-corrected chi connectivity index (χ4v) is 2.32. The Hall–Kier alpha value is -2.30. The summed E-state index contributed by atoms with van der Waals surface area (Å²) in [5.74, 6) is 0. The van der Waals surface area contributed by atoms with Crippen LogP contribution in [0.25, 0.3) is 5.69 Å². The Morgan fingerprint density at radius 1 is 1.22 bits per heavy atom. The van der Waals surface area contributed by atoms with Crippen molar-refractivity contribution in [2.75, 3.05) is 18.5 Å². The summed E-state index contributed by atoms with van der Waals surface area (Å²) in [5, 5.41) is 0. The first-order valence-corrected chi connectivity index (χ1v) is 5.81. The van der Waals surface area contributed by atoms with Crippen molar-refractivity contribution >= 4 is 5.69 Å². The predicted octanol–water partition coefficient (Wildman–Crippen LogP) is 0.518. The lowest BCUT2D eigenvalue weighted by Gasteiger charge is -2.12. The third-order valence-corrected chi connectivity index (χ3v) is 3.29. The third-order valence-electron chi connectivity index (χ3n) is 3.29. The van der Waals surface area contributed by atoms with Gasteiger partial charge >= 0.3 is 5.69 Å². The number of hydrogen-bond donors (Lipinski definition) is 1. The Morgan fingerprint density at radius 2 is 2.06 bits per heavy atom. The maximum Gasteiger partial charge on any atom is 0.332 e. The fraction of sp³-hybridized carbons (Fsp3) is 0.231. The highest BCUT2D eigenvalue weighted by molar-refractivity contribution is 5.60. The van der Waals surface area contributed by atoms with E-state index in [-0.39, 0.29) is 5.56 Å². The molecule has 0 aliphatic carbocycles. The van der Waals surface area contributed by atoms with Crippen LogP contribution in [0.5, 0.6) is 0 Å². The number of hydrogen-bond acceptors (Lipinski definition) is 3. The molecule has 5 nitrogen and oxygen atoms in total. The summed E-state index contributed by atoms with van der Waals surface area (Å²) in [5.41, 5.74) is 2.43. The van der Waals surface area contributed by atoms with Crippen LogP contribution in [0.2, 0.25) is 0 Å². The number of H-pyrrole nitrogens is 1. The molecule has 0 fully saturated rings. The number of nitrogens with one attached hydrogen (secondary N) is 1. The topological polar surface area (TPSA) is 58.1 Å². The highest BCUT2D eigenvalue weighted by Crippen LogP contribution is 2.28. The Bertz CT molecular complexity index is 715. The van der Waals surface area contributed by atoms with Crippen LogP contribution in [0.3, 0.4) is 0 Å². The minimum Gasteiger partial charge on any atom is -0.374 e. The lowest BCUT2D eigenvalue weighted by atomic mass is 10.1. The van der Waals surface area contributed by atoms with Gasteiger partial charge in [-0.2, -0.15) is 0 Å². The van der Waals surface area contributed by atoms with E-state index in [2.05, 4.69) is 16.9 Å². The van der Waals surface area contributed by atoms with Gasteiger partial charge in [-0.05, 0) is 30.2 Å². The number of rotatable bonds is 1. The van der Waals surface area contributed by atoms with Crippen molar-refractivity contribution in [1.82, 2.24) is 9.55 Å². The molecular weight excluding hydrogens is 230 g/mol. The lowest BCUT2D eigenvalue weighted by molar-refractivity contribution is 0.894. The SMILES string of the molecule is CN1CCc2cc(-n3ccc(=O)[nH]c3=O)ccc21. The van der Waals surface area contributed by atoms with Gasteiger partial charge in [-0.3, -0.25) is 14.3 Å². The summed E-state index contributed by atoms with van der Waals surface area (Å²) in [4.78, 5) is 27.2. The van der Waals surface area contributed by atoms with E-state index in [4.69, 9.17) is 0 Å². The minimum absolute atomic E-state index is 0.378. The molecule has 0 bridgehead atoms. The van der Waals surface area contributed by atoms with Gasteiger partial charge in [0.15, 0.2) is 0 Å². The largest absolute Gasteiger partial charge is 0.374 e. The first-order chi connectivity index (χ1) is 8.65. The molecule has 0 radical (unpaired) electrons. The zero-order valence-electron chi connectivity index (χ0n) is 10.0. The average Bonchev–Trinajstić information content (AvgIpc) is 2.71. The lowest BCUT2D eigenvalue weighted by Crippen LogP contribution is -2.27. The second kappa shape index (κ2) is 3.87. The zero-order chi connectivity index (χ0) is 12.7. The van der Waals surface area contributed by atoms with Gasteiger partial charge in [0.2, 0.25) is 0 Å². The van der Waals surface area contributed by atoms with E-state index in [0.717, 1.165) is 18.7 Å². The number of aromatic nitrogens is 2. The Labute approximate surface area is 103 Å². The molecule has 2 heterocycles. The van der Waals surface area contributed by atoms with Gasteiger partial charge in [0.25, 0.3) is 5.56 Å². The second-order valence-corrected chi connectivity index (χ2v) is 4.46. The quantitative estimate of drug-likeness (QED) is 0.794. The molecule has 0 spiro atoms. The van der Waals surface area contributed by atoms with Gasteiger partial charge in [0.05, 0.1) is 5.69 Å². The molecule has 1 aliphatic heterocycles. The first kappa shape index (κ1) is 10.8. The van der Waals surface area contributed by atoms with E-state index in [1.165, 1.54) is 28.1 Å². The fourth-order valence-electron chi connectivity index (χ4n) is 2.32. The summed E-state index contributed by atoms with van der Waals surface area (Å²) >= 11 is 0. The molecule has 1 aromatic heterocycles. The number of fused-ring (bicyclic) bond motifs is 1. The molecule has 1 aromatic carbocycles. The van der Waals surface area contributed by atoms with Gasteiger partial charge in [-0.15, -0.1) is 0 Å². The molecule has 5 heteroatoms.